The fourth-order valence-corrected chi connectivity index (χ4v) is 1.76. The first-order valence-electron chi connectivity index (χ1n) is 5.97. The molecule has 6 heteroatoms. The zero-order chi connectivity index (χ0) is 14.6. The Balaban J connectivity index is 2.08. The molecule has 0 aliphatic carbocycles. The lowest BCUT2D eigenvalue weighted by Gasteiger charge is -2.16. The number of pyridine rings is 1. The van der Waals surface area contributed by atoms with Crippen LogP contribution in [0.2, 0.25) is 0 Å². The smallest absolute Gasteiger partial charge is 0.387 e. The van der Waals surface area contributed by atoms with Crippen molar-refractivity contribution in [1.82, 2.24) is 4.98 Å². The molecule has 0 saturated carbocycles. The largest absolute Gasteiger partial charge is 0.419 e. The van der Waals surface area contributed by atoms with Gasteiger partial charge in [-0.3, -0.25) is 0 Å². The Labute approximate surface area is 114 Å². The van der Waals surface area contributed by atoms with Crippen LogP contribution in [0.4, 0.5) is 19.0 Å². The summed E-state index contributed by atoms with van der Waals surface area (Å²) in [6, 6.07) is 10.9. The van der Waals surface area contributed by atoms with Gasteiger partial charge in [0.1, 0.15) is 5.82 Å². The molecule has 106 valence electrons. The highest BCUT2D eigenvalue weighted by atomic mass is 19.4. The molecule has 20 heavy (non-hydrogen) atoms. The lowest BCUT2D eigenvalue weighted by molar-refractivity contribution is -0.137. The van der Waals surface area contributed by atoms with E-state index in [4.69, 9.17) is 0 Å². The van der Waals surface area contributed by atoms with Crippen LogP contribution in [0.5, 0.6) is 0 Å². The van der Waals surface area contributed by atoms with E-state index in [1.165, 1.54) is 12.3 Å². The molecule has 0 spiro atoms. The molecule has 1 heterocycles. The Morgan fingerprint density at radius 3 is 2.45 bits per heavy atom. The molecule has 1 aromatic heterocycles. The summed E-state index contributed by atoms with van der Waals surface area (Å²) in [6.07, 6.45) is -4.11. The number of aliphatic hydroxyl groups excluding tert-OH is 1. The second-order valence-electron chi connectivity index (χ2n) is 4.20. The molecule has 1 atom stereocenters. The van der Waals surface area contributed by atoms with Gasteiger partial charge in [0.2, 0.25) is 0 Å². The maximum Gasteiger partial charge on any atom is 0.419 e. The average molecular weight is 282 g/mol. The van der Waals surface area contributed by atoms with Gasteiger partial charge in [-0.25, -0.2) is 4.98 Å². The van der Waals surface area contributed by atoms with Crippen molar-refractivity contribution < 1.29 is 18.3 Å². The molecule has 1 aromatic carbocycles. The van der Waals surface area contributed by atoms with Crippen molar-refractivity contribution in [3.63, 3.8) is 0 Å². The van der Waals surface area contributed by atoms with Gasteiger partial charge in [-0.05, 0) is 17.7 Å². The predicted molar refractivity (Wildman–Crippen MR) is 69.1 cm³/mol. The third-order valence-corrected chi connectivity index (χ3v) is 2.76. The normalized spacial score (nSPS) is 13.0. The van der Waals surface area contributed by atoms with Gasteiger partial charge < -0.3 is 10.4 Å². The molecule has 2 N–H and O–H groups in total. The summed E-state index contributed by atoms with van der Waals surface area (Å²) < 4.78 is 38.3. The minimum atomic E-state index is -4.48. The molecule has 2 aromatic rings. The van der Waals surface area contributed by atoms with Crippen LogP contribution in [0.1, 0.15) is 17.2 Å². The molecule has 0 aliphatic heterocycles. The Kier molecular flexibility index (Phi) is 4.24. The van der Waals surface area contributed by atoms with Crippen LogP contribution in [0.25, 0.3) is 0 Å². The van der Waals surface area contributed by atoms with Gasteiger partial charge >= 0.3 is 6.18 Å². The van der Waals surface area contributed by atoms with Crippen LogP contribution in [0.3, 0.4) is 0 Å². The lowest BCUT2D eigenvalue weighted by atomic mass is 10.1. The van der Waals surface area contributed by atoms with Gasteiger partial charge in [-0.15, -0.1) is 0 Å². The molecular weight excluding hydrogens is 269 g/mol. The zero-order valence-electron chi connectivity index (χ0n) is 10.4. The van der Waals surface area contributed by atoms with E-state index < -0.39 is 17.8 Å². The number of hydrogen-bond donors (Lipinski definition) is 2. The van der Waals surface area contributed by atoms with Gasteiger partial charge in [-0.1, -0.05) is 30.3 Å². The quantitative estimate of drug-likeness (QED) is 0.904. The molecule has 1 unspecified atom stereocenters. The summed E-state index contributed by atoms with van der Waals surface area (Å²) in [5, 5.41) is 12.4. The van der Waals surface area contributed by atoms with Crippen LogP contribution >= 0.6 is 0 Å². The van der Waals surface area contributed by atoms with Crippen LogP contribution in [0.15, 0.2) is 48.7 Å². The minimum Gasteiger partial charge on any atom is -0.387 e. The third kappa shape index (κ3) is 3.48. The van der Waals surface area contributed by atoms with E-state index in [0.717, 1.165) is 6.07 Å². The van der Waals surface area contributed by atoms with E-state index in [-0.39, 0.29) is 12.4 Å². The van der Waals surface area contributed by atoms with Gasteiger partial charge in [0.05, 0.1) is 11.7 Å². The van der Waals surface area contributed by atoms with E-state index in [1.54, 1.807) is 30.3 Å². The number of nitrogens with zero attached hydrogens (tertiary/aromatic N) is 1. The summed E-state index contributed by atoms with van der Waals surface area (Å²) in [4.78, 5) is 3.67. The average Bonchev–Trinajstić information content (AvgIpc) is 2.45. The molecule has 0 fully saturated rings. The summed E-state index contributed by atoms with van der Waals surface area (Å²) >= 11 is 0. The molecule has 0 radical (unpaired) electrons. The molecule has 2 rings (SSSR count). The maximum absolute atomic E-state index is 12.8. The second-order valence-corrected chi connectivity index (χ2v) is 4.20. The fourth-order valence-electron chi connectivity index (χ4n) is 1.76. The van der Waals surface area contributed by atoms with Crippen molar-refractivity contribution >= 4 is 5.82 Å². The predicted octanol–water partition coefficient (Wildman–Crippen LogP) is 3.25. The molecule has 0 saturated heterocycles. The number of rotatable bonds is 4. The monoisotopic (exact) mass is 282 g/mol. The Bertz CT molecular complexity index is 558. The summed E-state index contributed by atoms with van der Waals surface area (Å²) in [5.74, 6) is -0.282. The Hall–Kier alpha value is -2.08. The van der Waals surface area contributed by atoms with E-state index in [1.807, 2.05) is 0 Å². The number of aliphatic hydroxyl groups is 1. The highest BCUT2D eigenvalue weighted by Gasteiger charge is 2.34. The SMILES string of the molecule is OC(CNc1ncccc1C(F)(F)F)c1ccccc1. The summed E-state index contributed by atoms with van der Waals surface area (Å²) in [6.45, 7) is -0.0515. The van der Waals surface area contributed by atoms with Gasteiger partial charge in [0.15, 0.2) is 0 Å². The van der Waals surface area contributed by atoms with Gasteiger partial charge in [-0.2, -0.15) is 13.2 Å². The number of aromatic nitrogens is 1. The van der Waals surface area contributed by atoms with E-state index >= 15 is 0 Å². The highest BCUT2D eigenvalue weighted by Crippen LogP contribution is 2.33. The number of benzene rings is 1. The summed E-state index contributed by atoms with van der Waals surface area (Å²) in [7, 11) is 0. The number of alkyl halides is 3. The van der Waals surface area contributed by atoms with Crippen molar-refractivity contribution in [2.75, 3.05) is 11.9 Å². The third-order valence-electron chi connectivity index (χ3n) is 2.76. The maximum atomic E-state index is 12.8. The van der Waals surface area contributed by atoms with E-state index in [2.05, 4.69) is 10.3 Å². The summed E-state index contributed by atoms with van der Waals surface area (Å²) in [5.41, 5.74) is -0.218. The minimum absolute atomic E-state index is 0.0515. The first-order valence-corrected chi connectivity index (χ1v) is 5.97. The van der Waals surface area contributed by atoms with E-state index in [9.17, 15) is 18.3 Å². The fraction of sp³-hybridized carbons (Fsp3) is 0.214. The highest BCUT2D eigenvalue weighted by molar-refractivity contribution is 5.45. The van der Waals surface area contributed by atoms with Crippen molar-refractivity contribution in [1.29, 1.82) is 0 Å². The first kappa shape index (κ1) is 14.3. The van der Waals surface area contributed by atoms with Crippen LogP contribution in [0, 0.1) is 0 Å². The van der Waals surface area contributed by atoms with Crippen molar-refractivity contribution in [3.8, 4) is 0 Å². The number of halogens is 3. The van der Waals surface area contributed by atoms with Crippen LogP contribution < -0.4 is 5.32 Å². The molecule has 0 aliphatic rings. The van der Waals surface area contributed by atoms with Crippen molar-refractivity contribution in [3.05, 3.63) is 59.8 Å². The number of anilines is 1. The van der Waals surface area contributed by atoms with E-state index in [0.29, 0.717) is 5.56 Å². The first-order chi connectivity index (χ1) is 9.48. The number of nitrogens with one attached hydrogen (secondary N) is 1. The Morgan fingerprint density at radius 1 is 1.10 bits per heavy atom. The Morgan fingerprint density at radius 2 is 1.80 bits per heavy atom. The van der Waals surface area contributed by atoms with Crippen LogP contribution in [-0.2, 0) is 6.18 Å². The number of hydrogen-bond acceptors (Lipinski definition) is 3. The molecular formula is C14H13F3N2O. The molecule has 0 amide bonds. The zero-order valence-corrected chi connectivity index (χ0v) is 10.4. The van der Waals surface area contributed by atoms with Crippen LogP contribution in [-0.4, -0.2) is 16.6 Å². The molecule has 3 nitrogen and oxygen atoms in total. The van der Waals surface area contributed by atoms with Gasteiger partial charge in [0.25, 0.3) is 0 Å². The second kappa shape index (κ2) is 5.92. The standard InChI is InChI=1S/C14H13F3N2O/c15-14(16,17)11-7-4-8-18-13(11)19-9-12(20)10-5-2-1-3-6-10/h1-8,12,20H,9H2,(H,18,19). The topological polar surface area (TPSA) is 45.1 Å². The van der Waals surface area contributed by atoms with Crippen molar-refractivity contribution in [2.24, 2.45) is 0 Å². The lowest BCUT2D eigenvalue weighted by Crippen LogP contribution is -2.17. The van der Waals surface area contributed by atoms with Crippen molar-refractivity contribution in [2.45, 2.75) is 12.3 Å². The molecule has 0 bridgehead atoms. The van der Waals surface area contributed by atoms with Gasteiger partial charge in [0, 0.05) is 12.7 Å².